The molecule has 3 aromatic rings. The first kappa shape index (κ1) is 17.4. The van der Waals surface area contributed by atoms with Gasteiger partial charge in [0.15, 0.2) is 0 Å². The summed E-state index contributed by atoms with van der Waals surface area (Å²) in [6.45, 7) is 0.468. The van der Waals surface area contributed by atoms with E-state index in [0.717, 1.165) is 21.9 Å². The molecule has 4 rings (SSSR count). The zero-order chi connectivity index (χ0) is 18.5. The van der Waals surface area contributed by atoms with E-state index in [-0.39, 0.29) is 5.91 Å². The summed E-state index contributed by atoms with van der Waals surface area (Å²) in [5.41, 5.74) is 1.93. The van der Waals surface area contributed by atoms with Gasteiger partial charge in [0, 0.05) is 30.0 Å². The van der Waals surface area contributed by atoms with Crippen LogP contribution in [0.25, 0.3) is 6.08 Å². The lowest BCUT2D eigenvalue weighted by Gasteiger charge is -2.06. The van der Waals surface area contributed by atoms with E-state index < -0.39 is 0 Å². The van der Waals surface area contributed by atoms with Crippen molar-refractivity contribution in [3.05, 3.63) is 71.0 Å². The highest BCUT2D eigenvalue weighted by atomic mass is 32.1. The third-order valence-corrected chi connectivity index (χ3v) is 5.03. The number of carbonyl (C=O) groups excluding carboxylic acids is 1. The van der Waals surface area contributed by atoms with Crippen LogP contribution in [0.15, 0.2) is 54.9 Å². The second kappa shape index (κ2) is 8.09. The fourth-order valence-corrected chi connectivity index (χ4v) is 3.34. The van der Waals surface area contributed by atoms with E-state index in [4.69, 9.17) is 4.74 Å². The average molecular weight is 378 g/mol. The Hall–Kier alpha value is -3.06. The van der Waals surface area contributed by atoms with Gasteiger partial charge in [0.25, 0.3) is 0 Å². The second-order valence-corrected chi connectivity index (χ2v) is 7.27. The highest BCUT2D eigenvalue weighted by molar-refractivity contribution is 7.15. The summed E-state index contributed by atoms with van der Waals surface area (Å²) in [7, 11) is 0. The zero-order valence-electron chi connectivity index (χ0n) is 14.5. The predicted octanol–water partition coefficient (Wildman–Crippen LogP) is 4.04. The Morgan fingerprint density at radius 2 is 2.07 bits per heavy atom. The number of ether oxygens (including phenoxy) is 1. The summed E-state index contributed by atoms with van der Waals surface area (Å²) in [6, 6.07) is 11.4. The minimum absolute atomic E-state index is 0.217. The molecule has 0 unspecified atom stereocenters. The number of pyridine rings is 1. The predicted molar refractivity (Wildman–Crippen MR) is 105 cm³/mol. The number of aromatic nitrogens is 3. The van der Waals surface area contributed by atoms with Crippen molar-refractivity contribution < 1.29 is 9.53 Å². The van der Waals surface area contributed by atoms with Gasteiger partial charge < -0.3 is 4.74 Å². The van der Waals surface area contributed by atoms with Gasteiger partial charge in [0.1, 0.15) is 17.4 Å². The highest BCUT2D eigenvalue weighted by Crippen LogP contribution is 2.42. The molecule has 1 saturated carbocycles. The number of amides is 1. The minimum atomic E-state index is -0.217. The molecule has 1 amide bonds. The Morgan fingerprint density at radius 1 is 1.22 bits per heavy atom. The molecular formula is C20H18N4O2S. The molecule has 0 aliphatic heterocycles. The number of nitrogens with one attached hydrogen (secondary N) is 1. The van der Waals surface area contributed by atoms with Crippen LogP contribution >= 0.6 is 11.3 Å². The molecule has 6 nitrogen and oxygen atoms in total. The highest BCUT2D eigenvalue weighted by Gasteiger charge is 2.27. The number of anilines is 1. The van der Waals surface area contributed by atoms with E-state index in [1.165, 1.54) is 30.3 Å². The lowest BCUT2D eigenvalue weighted by atomic mass is 10.2. The Bertz CT molecular complexity index is 934. The van der Waals surface area contributed by atoms with Crippen LogP contribution in [0.2, 0.25) is 0 Å². The van der Waals surface area contributed by atoms with E-state index in [1.54, 1.807) is 18.5 Å². The largest absolute Gasteiger partial charge is 0.489 e. The number of benzene rings is 1. The lowest BCUT2D eigenvalue weighted by molar-refractivity contribution is -0.111. The fraction of sp³-hybridized carbons (Fsp3) is 0.200. The Labute approximate surface area is 160 Å². The SMILES string of the molecule is O=C(/C=C/c1ccc(OCc2cccnc2)cc1)Nc1nnc(C2CC2)s1. The van der Waals surface area contributed by atoms with Gasteiger partial charge in [-0.15, -0.1) is 10.2 Å². The summed E-state index contributed by atoms with van der Waals surface area (Å²) in [6.07, 6.45) is 9.10. The van der Waals surface area contributed by atoms with Gasteiger partial charge in [-0.25, -0.2) is 0 Å². The number of hydrogen-bond acceptors (Lipinski definition) is 6. The molecule has 0 saturated heterocycles. The smallest absolute Gasteiger partial charge is 0.250 e. The first-order valence-electron chi connectivity index (χ1n) is 8.70. The molecule has 1 aliphatic rings. The zero-order valence-corrected chi connectivity index (χ0v) is 15.4. The van der Waals surface area contributed by atoms with E-state index in [0.29, 0.717) is 17.7 Å². The van der Waals surface area contributed by atoms with Gasteiger partial charge in [-0.2, -0.15) is 0 Å². The van der Waals surface area contributed by atoms with Gasteiger partial charge in [-0.05, 0) is 42.7 Å². The van der Waals surface area contributed by atoms with E-state index in [9.17, 15) is 4.79 Å². The first-order valence-corrected chi connectivity index (χ1v) is 9.52. The maximum Gasteiger partial charge on any atom is 0.250 e. The molecule has 1 fully saturated rings. The van der Waals surface area contributed by atoms with Gasteiger partial charge in [-0.1, -0.05) is 29.5 Å². The molecule has 2 heterocycles. The molecule has 2 aromatic heterocycles. The van der Waals surface area contributed by atoms with Gasteiger partial charge in [0.05, 0.1) is 0 Å². The number of carbonyl (C=O) groups is 1. The van der Waals surface area contributed by atoms with E-state index in [2.05, 4.69) is 20.5 Å². The minimum Gasteiger partial charge on any atom is -0.489 e. The van der Waals surface area contributed by atoms with Crippen molar-refractivity contribution in [2.75, 3.05) is 5.32 Å². The molecule has 1 aromatic carbocycles. The number of nitrogens with zero attached hydrogens (tertiary/aromatic N) is 3. The van der Waals surface area contributed by atoms with Crippen LogP contribution in [0.3, 0.4) is 0 Å². The summed E-state index contributed by atoms with van der Waals surface area (Å²) in [4.78, 5) is 16.1. The Balaban J connectivity index is 1.28. The van der Waals surface area contributed by atoms with Crippen LogP contribution in [0.4, 0.5) is 5.13 Å². The van der Waals surface area contributed by atoms with Crippen LogP contribution in [0, 0.1) is 0 Å². The van der Waals surface area contributed by atoms with Gasteiger partial charge in [-0.3, -0.25) is 15.1 Å². The van der Waals surface area contributed by atoms with Crippen molar-refractivity contribution >= 4 is 28.5 Å². The molecule has 7 heteroatoms. The molecular weight excluding hydrogens is 360 g/mol. The second-order valence-electron chi connectivity index (χ2n) is 6.26. The summed E-state index contributed by atoms with van der Waals surface area (Å²) >= 11 is 1.45. The topological polar surface area (TPSA) is 77.0 Å². The maximum absolute atomic E-state index is 12.0. The summed E-state index contributed by atoms with van der Waals surface area (Å²) < 4.78 is 5.72. The van der Waals surface area contributed by atoms with E-state index >= 15 is 0 Å². The van der Waals surface area contributed by atoms with Crippen LogP contribution in [-0.2, 0) is 11.4 Å². The quantitative estimate of drug-likeness (QED) is 0.628. The van der Waals surface area contributed by atoms with Crippen LogP contribution in [0.1, 0.15) is 34.9 Å². The molecule has 1 N–H and O–H groups in total. The van der Waals surface area contributed by atoms with Crippen LogP contribution in [-0.4, -0.2) is 21.1 Å². The summed E-state index contributed by atoms with van der Waals surface area (Å²) in [5, 5.41) is 12.4. The third kappa shape index (κ3) is 4.98. The fourth-order valence-electron chi connectivity index (χ4n) is 2.42. The molecule has 0 bridgehead atoms. The third-order valence-electron chi connectivity index (χ3n) is 4.03. The first-order chi connectivity index (χ1) is 13.3. The van der Waals surface area contributed by atoms with Crippen molar-refractivity contribution in [2.45, 2.75) is 25.4 Å². The molecule has 0 spiro atoms. The summed E-state index contributed by atoms with van der Waals surface area (Å²) in [5.74, 6) is 1.09. The van der Waals surface area contributed by atoms with E-state index in [1.807, 2.05) is 36.4 Å². The lowest BCUT2D eigenvalue weighted by Crippen LogP contribution is -2.07. The van der Waals surface area contributed by atoms with Crippen LogP contribution < -0.4 is 10.1 Å². The standard InChI is InChI=1S/C20H18N4O2S/c25-18(22-20-24-23-19(27-20)16-6-7-16)10-5-14-3-8-17(9-4-14)26-13-15-2-1-11-21-12-15/h1-5,8-12,16H,6-7,13H2,(H,22,24,25)/b10-5+. The molecule has 0 atom stereocenters. The van der Waals surface area contributed by atoms with Gasteiger partial charge >= 0.3 is 0 Å². The van der Waals surface area contributed by atoms with Crippen LogP contribution in [0.5, 0.6) is 5.75 Å². The molecule has 136 valence electrons. The number of hydrogen-bond donors (Lipinski definition) is 1. The molecule has 0 radical (unpaired) electrons. The van der Waals surface area contributed by atoms with Crippen molar-refractivity contribution in [2.24, 2.45) is 0 Å². The maximum atomic E-state index is 12.0. The monoisotopic (exact) mass is 378 g/mol. The molecule has 27 heavy (non-hydrogen) atoms. The average Bonchev–Trinajstić information content (AvgIpc) is 3.46. The van der Waals surface area contributed by atoms with Crippen molar-refractivity contribution in [1.82, 2.24) is 15.2 Å². The normalized spacial score (nSPS) is 13.6. The Kier molecular flexibility index (Phi) is 5.20. The molecule has 1 aliphatic carbocycles. The Morgan fingerprint density at radius 3 is 2.81 bits per heavy atom. The van der Waals surface area contributed by atoms with Gasteiger partial charge in [0.2, 0.25) is 11.0 Å². The van der Waals surface area contributed by atoms with Crippen molar-refractivity contribution in [1.29, 1.82) is 0 Å². The van der Waals surface area contributed by atoms with Crippen molar-refractivity contribution in [3.63, 3.8) is 0 Å². The number of rotatable bonds is 7. The van der Waals surface area contributed by atoms with Crippen molar-refractivity contribution in [3.8, 4) is 5.75 Å².